The molecule has 0 atom stereocenters. The summed E-state index contributed by atoms with van der Waals surface area (Å²) in [6.45, 7) is 4.36. The summed E-state index contributed by atoms with van der Waals surface area (Å²) in [5, 5.41) is 8.98. The van der Waals surface area contributed by atoms with Crippen LogP contribution in [0.3, 0.4) is 0 Å². The SMILES string of the molecule is CCc1cc(SCc2ccc(CN3CC(C(=O)O)C3)cc2)ccc1-c1ccccc1. The molecule has 30 heavy (non-hydrogen) atoms. The van der Waals surface area contributed by atoms with Gasteiger partial charge in [0.05, 0.1) is 5.92 Å². The van der Waals surface area contributed by atoms with Gasteiger partial charge in [0, 0.05) is 30.3 Å². The largest absolute Gasteiger partial charge is 0.481 e. The minimum Gasteiger partial charge on any atom is -0.481 e. The number of thioether (sulfide) groups is 1. The molecule has 0 bridgehead atoms. The van der Waals surface area contributed by atoms with Crippen LogP contribution in [0, 0.1) is 5.92 Å². The summed E-state index contributed by atoms with van der Waals surface area (Å²) < 4.78 is 0. The molecule has 3 aromatic rings. The number of nitrogens with zero attached hydrogens (tertiary/aromatic N) is 1. The van der Waals surface area contributed by atoms with Crippen molar-refractivity contribution in [3.63, 3.8) is 0 Å². The first kappa shape index (κ1) is 20.7. The second-order valence-corrected chi connectivity index (χ2v) is 8.92. The quantitative estimate of drug-likeness (QED) is 0.476. The standard InChI is InChI=1S/C26H27NO2S/c1-2-21-14-24(12-13-25(21)22-6-4-3-5-7-22)30-18-20-10-8-19(9-11-20)15-27-16-23(17-27)26(28)29/h3-14,23H,2,15-18H2,1H3,(H,28,29). The van der Waals surface area contributed by atoms with E-state index in [0.29, 0.717) is 13.1 Å². The fraction of sp³-hybridized carbons (Fsp3) is 0.269. The van der Waals surface area contributed by atoms with E-state index < -0.39 is 5.97 Å². The topological polar surface area (TPSA) is 40.5 Å². The van der Waals surface area contributed by atoms with Crippen molar-refractivity contribution in [1.82, 2.24) is 4.90 Å². The molecule has 3 nitrogen and oxygen atoms in total. The van der Waals surface area contributed by atoms with Gasteiger partial charge >= 0.3 is 5.97 Å². The molecule has 3 aromatic carbocycles. The fourth-order valence-corrected chi connectivity index (χ4v) is 4.79. The van der Waals surface area contributed by atoms with E-state index in [9.17, 15) is 4.79 Å². The van der Waals surface area contributed by atoms with Gasteiger partial charge in [0.2, 0.25) is 0 Å². The zero-order chi connectivity index (χ0) is 20.9. The molecule has 0 saturated carbocycles. The maximum atomic E-state index is 10.9. The van der Waals surface area contributed by atoms with Crippen LogP contribution in [0.1, 0.15) is 23.6 Å². The summed E-state index contributed by atoms with van der Waals surface area (Å²) in [6.07, 6.45) is 1.02. The lowest BCUT2D eigenvalue weighted by Gasteiger charge is -2.36. The highest BCUT2D eigenvalue weighted by Gasteiger charge is 2.32. The molecule has 1 saturated heterocycles. The van der Waals surface area contributed by atoms with Gasteiger partial charge in [-0.2, -0.15) is 0 Å². The lowest BCUT2D eigenvalue weighted by molar-refractivity contribution is -0.147. The summed E-state index contributed by atoms with van der Waals surface area (Å²) in [5.41, 5.74) is 6.53. The Hall–Kier alpha value is -2.56. The number of benzene rings is 3. The highest BCUT2D eigenvalue weighted by Crippen LogP contribution is 2.30. The second kappa shape index (κ2) is 9.50. The zero-order valence-electron chi connectivity index (χ0n) is 17.3. The summed E-state index contributed by atoms with van der Waals surface area (Å²) in [7, 11) is 0. The third-order valence-electron chi connectivity index (χ3n) is 5.68. The van der Waals surface area contributed by atoms with Gasteiger partial charge in [-0.3, -0.25) is 9.69 Å². The van der Waals surface area contributed by atoms with Crippen LogP contribution in [0.25, 0.3) is 11.1 Å². The third kappa shape index (κ3) is 4.94. The first-order valence-corrected chi connectivity index (χ1v) is 11.4. The van der Waals surface area contributed by atoms with Crippen molar-refractivity contribution < 1.29 is 9.90 Å². The Morgan fingerprint density at radius 2 is 1.70 bits per heavy atom. The van der Waals surface area contributed by atoms with E-state index in [1.807, 2.05) is 11.8 Å². The van der Waals surface area contributed by atoms with Crippen molar-refractivity contribution in [3.8, 4) is 11.1 Å². The zero-order valence-corrected chi connectivity index (χ0v) is 18.1. The molecule has 0 aliphatic carbocycles. The number of carboxylic acid groups (broad SMARTS) is 1. The lowest BCUT2D eigenvalue weighted by Crippen LogP contribution is -2.49. The second-order valence-electron chi connectivity index (χ2n) is 7.87. The number of hydrogen-bond donors (Lipinski definition) is 1. The number of aliphatic carboxylic acids is 1. The minimum atomic E-state index is -0.679. The first-order valence-electron chi connectivity index (χ1n) is 10.5. The molecule has 154 valence electrons. The molecule has 4 heteroatoms. The van der Waals surface area contributed by atoms with Crippen molar-refractivity contribution in [2.45, 2.75) is 30.5 Å². The molecule has 0 spiro atoms. The molecule has 4 rings (SSSR count). The molecule has 1 aliphatic heterocycles. The number of hydrogen-bond acceptors (Lipinski definition) is 3. The van der Waals surface area contributed by atoms with Gasteiger partial charge in [0.1, 0.15) is 0 Å². The molecule has 0 unspecified atom stereocenters. The maximum Gasteiger partial charge on any atom is 0.309 e. The molecule has 1 fully saturated rings. The normalized spacial score (nSPS) is 14.4. The molecule has 1 N–H and O–H groups in total. The minimum absolute atomic E-state index is 0.193. The van der Waals surface area contributed by atoms with Crippen LogP contribution in [0.5, 0.6) is 0 Å². The smallest absolute Gasteiger partial charge is 0.309 e. The summed E-state index contributed by atoms with van der Waals surface area (Å²) >= 11 is 1.87. The first-order chi connectivity index (χ1) is 14.6. The Bertz CT molecular complexity index is 995. The molecule has 0 radical (unpaired) electrons. The number of likely N-dealkylation sites (tertiary alicyclic amines) is 1. The van der Waals surface area contributed by atoms with Crippen LogP contribution < -0.4 is 0 Å². The third-order valence-corrected chi connectivity index (χ3v) is 6.75. The van der Waals surface area contributed by atoms with Crippen LogP contribution in [-0.2, 0) is 23.5 Å². The highest BCUT2D eigenvalue weighted by molar-refractivity contribution is 7.98. The lowest BCUT2D eigenvalue weighted by atomic mass is 9.98. The number of carboxylic acids is 1. The molecular weight excluding hydrogens is 390 g/mol. The van der Waals surface area contributed by atoms with Gasteiger partial charge in [0.25, 0.3) is 0 Å². The van der Waals surface area contributed by atoms with Crippen molar-refractivity contribution in [2.75, 3.05) is 13.1 Å². The van der Waals surface area contributed by atoms with Crippen molar-refractivity contribution in [2.24, 2.45) is 5.92 Å². The van der Waals surface area contributed by atoms with E-state index in [-0.39, 0.29) is 5.92 Å². The van der Waals surface area contributed by atoms with Crippen molar-refractivity contribution in [1.29, 1.82) is 0 Å². The van der Waals surface area contributed by atoms with Gasteiger partial charge < -0.3 is 5.11 Å². The average Bonchev–Trinajstić information content (AvgIpc) is 2.75. The van der Waals surface area contributed by atoms with E-state index >= 15 is 0 Å². The van der Waals surface area contributed by atoms with E-state index in [4.69, 9.17) is 5.11 Å². The van der Waals surface area contributed by atoms with Gasteiger partial charge in [-0.05, 0) is 46.4 Å². The predicted molar refractivity (Wildman–Crippen MR) is 124 cm³/mol. The summed E-state index contributed by atoms with van der Waals surface area (Å²) in [5.74, 6) is 0.0717. The van der Waals surface area contributed by atoms with Crippen LogP contribution in [-0.4, -0.2) is 29.1 Å². The molecule has 0 amide bonds. The molecule has 0 aromatic heterocycles. The van der Waals surface area contributed by atoms with Gasteiger partial charge in [-0.25, -0.2) is 0 Å². The number of carbonyl (C=O) groups is 1. The Morgan fingerprint density at radius 3 is 2.37 bits per heavy atom. The Morgan fingerprint density at radius 1 is 1.00 bits per heavy atom. The predicted octanol–water partition coefficient (Wildman–Crippen LogP) is 5.72. The van der Waals surface area contributed by atoms with Crippen LogP contribution in [0.4, 0.5) is 0 Å². The Kier molecular flexibility index (Phi) is 6.56. The van der Waals surface area contributed by atoms with Crippen LogP contribution in [0.15, 0.2) is 77.7 Å². The Balaban J connectivity index is 1.34. The number of rotatable bonds is 8. The van der Waals surface area contributed by atoms with Gasteiger partial charge in [-0.15, -0.1) is 11.8 Å². The van der Waals surface area contributed by atoms with E-state index in [1.54, 1.807) is 0 Å². The maximum absolute atomic E-state index is 10.9. The fourth-order valence-electron chi connectivity index (χ4n) is 3.87. The van der Waals surface area contributed by atoms with E-state index in [0.717, 1.165) is 18.7 Å². The van der Waals surface area contributed by atoms with Gasteiger partial charge in [-0.1, -0.05) is 67.6 Å². The van der Waals surface area contributed by atoms with E-state index in [1.165, 1.54) is 32.7 Å². The molecular formula is C26H27NO2S. The highest BCUT2D eigenvalue weighted by atomic mass is 32.2. The van der Waals surface area contributed by atoms with Crippen molar-refractivity contribution in [3.05, 3.63) is 89.5 Å². The van der Waals surface area contributed by atoms with Crippen LogP contribution >= 0.6 is 11.8 Å². The van der Waals surface area contributed by atoms with E-state index in [2.05, 4.69) is 84.6 Å². The summed E-state index contributed by atoms with van der Waals surface area (Å²) in [4.78, 5) is 14.4. The molecule has 1 aliphatic rings. The van der Waals surface area contributed by atoms with Crippen LogP contribution in [0.2, 0.25) is 0 Å². The van der Waals surface area contributed by atoms with Gasteiger partial charge in [0.15, 0.2) is 0 Å². The number of aryl methyl sites for hydroxylation is 1. The monoisotopic (exact) mass is 417 g/mol. The van der Waals surface area contributed by atoms with Crippen molar-refractivity contribution >= 4 is 17.7 Å². The Labute approximate surface area is 182 Å². The average molecular weight is 418 g/mol. The summed E-state index contributed by atoms with van der Waals surface area (Å²) in [6, 6.07) is 26.1. The molecule has 1 heterocycles.